The molecule has 0 N–H and O–H groups in total. The van der Waals surface area contributed by atoms with Crippen LogP contribution in [-0.2, 0) is 4.79 Å². The summed E-state index contributed by atoms with van der Waals surface area (Å²) in [4.78, 5) is 11.8. The number of carbonyl (C=O) groups is 1. The van der Waals surface area contributed by atoms with E-state index in [-0.39, 0.29) is 5.92 Å². The zero-order valence-corrected chi connectivity index (χ0v) is 9.15. The summed E-state index contributed by atoms with van der Waals surface area (Å²) in [7, 11) is 0. The van der Waals surface area contributed by atoms with Gasteiger partial charge in [-0.05, 0) is 24.7 Å². The van der Waals surface area contributed by atoms with Crippen LogP contribution in [0.1, 0.15) is 12.8 Å². The van der Waals surface area contributed by atoms with Crippen LogP contribution in [0.15, 0.2) is 24.3 Å². The smallest absolute Gasteiger partial charge is 0.158 e. The first kappa shape index (κ1) is 8.58. The molecule has 6 atom stereocenters. The van der Waals surface area contributed by atoms with Crippen LogP contribution in [0.2, 0.25) is 0 Å². The van der Waals surface area contributed by atoms with Crippen molar-refractivity contribution in [2.75, 3.05) is 0 Å². The van der Waals surface area contributed by atoms with E-state index in [0.29, 0.717) is 29.5 Å². The molecule has 4 aliphatic rings. The first-order chi connectivity index (χ1) is 7.23. The van der Waals surface area contributed by atoms with Crippen molar-refractivity contribution in [1.29, 1.82) is 0 Å². The van der Waals surface area contributed by atoms with Crippen LogP contribution in [0, 0.1) is 29.6 Å². The summed E-state index contributed by atoms with van der Waals surface area (Å²) in [5.41, 5.74) is 0. The van der Waals surface area contributed by atoms with E-state index in [1.54, 1.807) is 0 Å². The highest BCUT2D eigenvalue weighted by molar-refractivity contribution is 6.37. The first-order valence-electron chi connectivity index (χ1n) is 5.81. The highest BCUT2D eigenvalue weighted by Gasteiger charge is 2.67. The fraction of sp³-hybridized carbons (Fsp3) is 0.615. The van der Waals surface area contributed by atoms with Gasteiger partial charge in [-0.15, -0.1) is 11.6 Å². The van der Waals surface area contributed by atoms with Gasteiger partial charge < -0.3 is 0 Å². The van der Waals surface area contributed by atoms with Crippen molar-refractivity contribution in [1.82, 2.24) is 0 Å². The average Bonchev–Trinajstić information content (AvgIpc) is 2.85. The van der Waals surface area contributed by atoms with Gasteiger partial charge >= 0.3 is 0 Å². The van der Waals surface area contributed by atoms with Crippen molar-refractivity contribution >= 4 is 17.4 Å². The SMILES string of the molecule is O=C1[C@@H]2[C@@H]3CC=C[C@@H]3[C@@]1(Cl)[C@@H]1C=C[C@H]2C1. The van der Waals surface area contributed by atoms with E-state index in [9.17, 15) is 4.79 Å². The van der Waals surface area contributed by atoms with Gasteiger partial charge in [-0.25, -0.2) is 0 Å². The van der Waals surface area contributed by atoms with Crippen LogP contribution in [0.25, 0.3) is 0 Å². The second-order valence-electron chi connectivity index (χ2n) is 5.40. The molecule has 0 aliphatic heterocycles. The predicted molar refractivity (Wildman–Crippen MR) is 58.6 cm³/mol. The molecule has 4 rings (SSSR count). The van der Waals surface area contributed by atoms with Gasteiger partial charge in [0.15, 0.2) is 5.78 Å². The third kappa shape index (κ3) is 0.750. The normalized spacial score (nSPS) is 59.0. The molecule has 1 nitrogen and oxygen atoms in total. The number of rotatable bonds is 0. The maximum Gasteiger partial charge on any atom is 0.158 e. The quantitative estimate of drug-likeness (QED) is 0.453. The number of fused-ring (bicyclic) bond motifs is 9. The Kier molecular flexibility index (Phi) is 1.37. The Labute approximate surface area is 94.2 Å². The fourth-order valence-corrected chi connectivity index (χ4v) is 4.88. The Bertz CT molecular complexity index is 411. The fourth-order valence-electron chi connectivity index (χ4n) is 4.35. The molecule has 0 unspecified atom stereocenters. The van der Waals surface area contributed by atoms with Crippen molar-refractivity contribution in [2.24, 2.45) is 29.6 Å². The van der Waals surface area contributed by atoms with Gasteiger partial charge in [0.1, 0.15) is 4.87 Å². The van der Waals surface area contributed by atoms with Gasteiger partial charge in [0.05, 0.1) is 0 Å². The second-order valence-corrected chi connectivity index (χ2v) is 6.03. The van der Waals surface area contributed by atoms with Gasteiger partial charge in [0, 0.05) is 17.8 Å². The van der Waals surface area contributed by atoms with E-state index in [1.165, 1.54) is 0 Å². The Hall–Kier alpha value is -0.560. The lowest BCUT2D eigenvalue weighted by atomic mass is 9.75. The topological polar surface area (TPSA) is 17.1 Å². The third-order valence-electron chi connectivity index (χ3n) is 4.96. The number of Topliss-reactive ketones (excluding diaryl/α,β-unsaturated/α-hetero) is 1. The van der Waals surface area contributed by atoms with Crippen molar-refractivity contribution < 1.29 is 4.79 Å². The molecule has 0 heterocycles. The lowest BCUT2D eigenvalue weighted by Gasteiger charge is -2.34. The van der Waals surface area contributed by atoms with Crippen molar-refractivity contribution in [2.45, 2.75) is 17.7 Å². The minimum atomic E-state index is -0.578. The average molecular weight is 221 g/mol. The number of halogens is 1. The van der Waals surface area contributed by atoms with Crippen LogP contribution in [0.4, 0.5) is 0 Å². The van der Waals surface area contributed by atoms with Crippen molar-refractivity contribution in [3.63, 3.8) is 0 Å². The lowest BCUT2D eigenvalue weighted by molar-refractivity contribution is -0.127. The van der Waals surface area contributed by atoms with Crippen molar-refractivity contribution in [3.8, 4) is 0 Å². The maximum absolute atomic E-state index is 12.4. The first-order valence-corrected chi connectivity index (χ1v) is 6.19. The summed E-state index contributed by atoms with van der Waals surface area (Å²) in [5, 5.41) is 0. The summed E-state index contributed by atoms with van der Waals surface area (Å²) in [6.07, 6.45) is 11.0. The van der Waals surface area contributed by atoms with E-state index in [4.69, 9.17) is 11.6 Å². The van der Waals surface area contributed by atoms with Crippen LogP contribution < -0.4 is 0 Å². The van der Waals surface area contributed by atoms with Crippen LogP contribution in [-0.4, -0.2) is 10.7 Å². The number of hydrogen-bond acceptors (Lipinski definition) is 1. The summed E-state index contributed by atoms with van der Waals surface area (Å²) in [5.74, 6) is 2.17. The largest absolute Gasteiger partial charge is 0.297 e. The van der Waals surface area contributed by atoms with E-state index >= 15 is 0 Å². The standard InChI is InChI=1S/C13H13ClO/c14-13-8-5-4-7(6-8)11(12(13)15)9-2-1-3-10(9)13/h1,3-5,7-11H,2,6H2/t7-,8+,9+,10-,11-,13-/m0/s1. The van der Waals surface area contributed by atoms with Gasteiger partial charge in [0.25, 0.3) is 0 Å². The summed E-state index contributed by atoms with van der Waals surface area (Å²) in [6.45, 7) is 0. The monoisotopic (exact) mass is 220 g/mol. The minimum absolute atomic E-state index is 0.220. The summed E-state index contributed by atoms with van der Waals surface area (Å²) >= 11 is 6.69. The third-order valence-corrected chi connectivity index (χ3v) is 5.68. The highest BCUT2D eigenvalue weighted by atomic mass is 35.5. The second kappa shape index (κ2) is 2.40. The molecule has 0 aromatic rings. The Morgan fingerprint density at radius 3 is 3.07 bits per heavy atom. The molecule has 78 valence electrons. The van der Waals surface area contributed by atoms with Crippen molar-refractivity contribution in [3.05, 3.63) is 24.3 Å². The minimum Gasteiger partial charge on any atom is -0.297 e. The number of alkyl halides is 1. The molecule has 15 heavy (non-hydrogen) atoms. The van der Waals surface area contributed by atoms with E-state index < -0.39 is 4.87 Å². The molecule has 0 saturated heterocycles. The molecular weight excluding hydrogens is 208 g/mol. The Morgan fingerprint density at radius 2 is 2.20 bits per heavy atom. The molecule has 2 fully saturated rings. The van der Waals surface area contributed by atoms with Gasteiger partial charge in [0.2, 0.25) is 0 Å². The predicted octanol–water partition coefficient (Wildman–Crippen LogP) is 2.56. The van der Waals surface area contributed by atoms with E-state index in [1.807, 2.05) is 0 Å². The zero-order chi connectivity index (χ0) is 10.2. The Balaban J connectivity index is 1.95. The van der Waals surface area contributed by atoms with Crippen LogP contribution in [0.3, 0.4) is 0 Å². The highest BCUT2D eigenvalue weighted by Crippen LogP contribution is 2.63. The number of allylic oxidation sites excluding steroid dienone is 4. The van der Waals surface area contributed by atoms with Crippen LogP contribution >= 0.6 is 11.6 Å². The molecule has 2 heteroatoms. The molecule has 0 aromatic heterocycles. The number of ketones is 1. The molecule has 0 spiro atoms. The van der Waals surface area contributed by atoms with E-state index in [2.05, 4.69) is 24.3 Å². The molecular formula is C13H13ClO. The number of carbonyl (C=O) groups excluding carboxylic acids is 1. The molecule has 0 amide bonds. The summed E-state index contributed by atoms with van der Waals surface area (Å²) in [6, 6.07) is 0. The zero-order valence-electron chi connectivity index (χ0n) is 8.40. The van der Waals surface area contributed by atoms with Gasteiger partial charge in [-0.3, -0.25) is 4.79 Å². The summed E-state index contributed by atoms with van der Waals surface area (Å²) < 4.78 is 0. The van der Waals surface area contributed by atoms with Gasteiger partial charge in [-0.2, -0.15) is 0 Å². The maximum atomic E-state index is 12.4. The molecule has 4 aliphatic carbocycles. The molecule has 0 radical (unpaired) electrons. The van der Waals surface area contributed by atoms with Crippen LogP contribution in [0.5, 0.6) is 0 Å². The molecule has 4 bridgehead atoms. The molecule has 0 aromatic carbocycles. The van der Waals surface area contributed by atoms with Gasteiger partial charge in [-0.1, -0.05) is 24.3 Å². The lowest BCUT2D eigenvalue weighted by Crippen LogP contribution is -2.44. The molecule has 2 saturated carbocycles. The number of hydrogen-bond donors (Lipinski definition) is 0. The van der Waals surface area contributed by atoms with E-state index in [0.717, 1.165) is 12.8 Å². The Morgan fingerprint density at radius 1 is 1.33 bits per heavy atom.